The number of amides is 2. The van der Waals surface area contributed by atoms with E-state index in [1.54, 1.807) is 7.11 Å². The van der Waals surface area contributed by atoms with Gasteiger partial charge in [-0.1, -0.05) is 30.3 Å². The van der Waals surface area contributed by atoms with Crippen LogP contribution in [0.5, 0.6) is 5.75 Å². The van der Waals surface area contributed by atoms with Crippen LogP contribution >= 0.6 is 0 Å². The largest absolute Gasteiger partial charge is 0.497 e. The van der Waals surface area contributed by atoms with E-state index in [-0.39, 0.29) is 12.1 Å². The number of benzene rings is 2. The van der Waals surface area contributed by atoms with E-state index in [0.717, 1.165) is 17.0 Å². The van der Waals surface area contributed by atoms with Crippen LogP contribution in [0, 0.1) is 5.92 Å². The number of nitrogens with one attached hydrogen (secondary N) is 1. The molecule has 0 spiro atoms. The molecule has 2 aromatic rings. The van der Waals surface area contributed by atoms with Gasteiger partial charge in [-0.05, 0) is 55.5 Å². The van der Waals surface area contributed by atoms with Crippen LogP contribution in [0.4, 0.5) is 10.5 Å². The Balaban J connectivity index is 1.72. The van der Waals surface area contributed by atoms with Crippen LogP contribution in [0.25, 0.3) is 0 Å². The van der Waals surface area contributed by atoms with Gasteiger partial charge in [0.2, 0.25) is 0 Å². The van der Waals surface area contributed by atoms with Crippen LogP contribution < -0.4 is 10.1 Å². The van der Waals surface area contributed by atoms with Crippen molar-refractivity contribution in [2.45, 2.75) is 32.4 Å². The van der Waals surface area contributed by atoms with E-state index in [1.807, 2.05) is 47.4 Å². The van der Waals surface area contributed by atoms with Gasteiger partial charge >= 0.3 is 6.03 Å². The first-order chi connectivity index (χ1) is 11.7. The first-order valence-corrected chi connectivity index (χ1v) is 8.43. The monoisotopic (exact) mass is 324 g/mol. The average molecular weight is 324 g/mol. The summed E-state index contributed by atoms with van der Waals surface area (Å²) in [6, 6.07) is 17.7. The van der Waals surface area contributed by atoms with Gasteiger partial charge in [0.15, 0.2) is 0 Å². The summed E-state index contributed by atoms with van der Waals surface area (Å²) in [5.74, 6) is 1.40. The number of rotatable bonds is 6. The number of hydrogen-bond donors (Lipinski definition) is 1. The standard InChI is InChI=1S/C20H24N2O2/c1-15(17-8-9-17)22(14-16-6-4-3-5-7-16)20(23)21-18-10-12-19(24-2)13-11-18/h3-7,10-13,15,17H,8-9,14H2,1-2H3,(H,21,23). The Hall–Kier alpha value is -2.49. The molecule has 1 aliphatic rings. The average Bonchev–Trinajstić information content (AvgIpc) is 3.46. The molecule has 4 nitrogen and oxygen atoms in total. The second kappa shape index (κ2) is 7.39. The van der Waals surface area contributed by atoms with Gasteiger partial charge in [-0.25, -0.2) is 4.79 Å². The van der Waals surface area contributed by atoms with Crippen molar-refractivity contribution in [3.8, 4) is 5.75 Å². The number of methoxy groups -OCH3 is 1. The first kappa shape index (κ1) is 16.4. The molecule has 4 heteroatoms. The number of anilines is 1. The Kier molecular flexibility index (Phi) is 5.04. The summed E-state index contributed by atoms with van der Waals surface area (Å²) in [4.78, 5) is 14.8. The molecule has 1 saturated carbocycles. The maximum absolute atomic E-state index is 12.8. The lowest BCUT2D eigenvalue weighted by Crippen LogP contribution is -2.42. The molecule has 0 aromatic heterocycles. The van der Waals surface area contributed by atoms with E-state index in [4.69, 9.17) is 4.74 Å². The fraction of sp³-hybridized carbons (Fsp3) is 0.350. The van der Waals surface area contributed by atoms with Crippen molar-refractivity contribution in [3.63, 3.8) is 0 Å². The summed E-state index contributed by atoms with van der Waals surface area (Å²) in [5, 5.41) is 3.01. The van der Waals surface area contributed by atoms with Gasteiger partial charge < -0.3 is 15.0 Å². The Morgan fingerprint density at radius 2 is 1.83 bits per heavy atom. The molecule has 0 aliphatic heterocycles. The molecule has 2 amide bonds. The minimum Gasteiger partial charge on any atom is -0.497 e. The fourth-order valence-corrected chi connectivity index (χ4v) is 2.88. The van der Waals surface area contributed by atoms with Crippen molar-refractivity contribution in [3.05, 3.63) is 60.2 Å². The normalized spacial score (nSPS) is 14.8. The Morgan fingerprint density at radius 1 is 1.17 bits per heavy atom. The molecule has 1 unspecified atom stereocenters. The summed E-state index contributed by atoms with van der Waals surface area (Å²) in [7, 11) is 1.63. The van der Waals surface area contributed by atoms with E-state index < -0.39 is 0 Å². The van der Waals surface area contributed by atoms with Crippen LogP contribution in [0.15, 0.2) is 54.6 Å². The lowest BCUT2D eigenvalue weighted by Gasteiger charge is -2.29. The molecule has 126 valence electrons. The molecule has 0 saturated heterocycles. The highest BCUT2D eigenvalue weighted by Gasteiger charge is 2.34. The van der Waals surface area contributed by atoms with Crippen LogP contribution in [-0.2, 0) is 6.54 Å². The minimum atomic E-state index is -0.0524. The van der Waals surface area contributed by atoms with E-state index in [2.05, 4.69) is 24.4 Å². The van der Waals surface area contributed by atoms with Gasteiger partial charge in [0.25, 0.3) is 0 Å². The maximum atomic E-state index is 12.8. The molecule has 1 N–H and O–H groups in total. The van der Waals surface area contributed by atoms with Crippen molar-refractivity contribution in [1.29, 1.82) is 0 Å². The molecule has 1 atom stereocenters. The van der Waals surface area contributed by atoms with Gasteiger partial charge in [-0.2, -0.15) is 0 Å². The highest BCUT2D eigenvalue weighted by molar-refractivity contribution is 5.89. The molecular formula is C20H24N2O2. The van der Waals surface area contributed by atoms with E-state index in [9.17, 15) is 4.79 Å². The van der Waals surface area contributed by atoms with Crippen molar-refractivity contribution < 1.29 is 9.53 Å². The van der Waals surface area contributed by atoms with E-state index in [0.29, 0.717) is 12.5 Å². The molecule has 1 aliphatic carbocycles. The summed E-state index contributed by atoms with van der Waals surface area (Å²) in [6.45, 7) is 2.77. The third-order valence-corrected chi connectivity index (χ3v) is 4.59. The van der Waals surface area contributed by atoms with Gasteiger partial charge in [0.1, 0.15) is 5.75 Å². The molecule has 0 radical (unpaired) electrons. The summed E-state index contributed by atoms with van der Waals surface area (Å²) < 4.78 is 5.16. The maximum Gasteiger partial charge on any atom is 0.322 e. The predicted octanol–water partition coefficient (Wildman–Crippen LogP) is 4.53. The van der Waals surface area contributed by atoms with E-state index >= 15 is 0 Å². The quantitative estimate of drug-likeness (QED) is 0.848. The van der Waals surface area contributed by atoms with Gasteiger partial charge in [0.05, 0.1) is 7.11 Å². The number of nitrogens with zero attached hydrogens (tertiary/aromatic N) is 1. The predicted molar refractivity (Wildman–Crippen MR) is 96.2 cm³/mol. The van der Waals surface area contributed by atoms with Gasteiger partial charge in [-0.3, -0.25) is 0 Å². The summed E-state index contributed by atoms with van der Waals surface area (Å²) in [5.41, 5.74) is 1.93. The lowest BCUT2D eigenvalue weighted by molar-refractivity contribution is 0.181. The van der Waals surface area contributed by atoms with Crippen molar-refractivity contribution in [2.75, 3.05) is 12.4 Å². The van der Waals surface area contributed by atoms with Crippen LogP contribution in [0.3, 0.4) is 0 Å². The SMILES string of the molecule is COc1ccc(NC(=O)N(Cc2ccccc2)C(C)C2CC2)cc1. The first-order valence-electron chi connectivity index (χ1n) is 8.43. The van der Waals surface area contributed by atoms with Gasteiger partial charge in [0, 0.05) is 18.3 Å². The summed E-state index contributed by atoms with van der Waals surface area (Å²) in [6.07, 6.45) is 2.42. The third-order valence-electron chi connectivity index (χ3n) is 4.59. The fourth-order valence-electron chi connectivity index (χ4n) is 2.88. The zero-order valence-electron chi connectivity index (χ0n) is 14.2. The number of carbonyl (C=O) groups excluding carboxylic acids is 1. The number of hydrogen-bond acceptors (Lipinski definition) is 2. The Labute approximate surface area is 143 Å². The topological polar surface area (TPSA) is 41.6 Å². The Bertz CT molecular complexity index is 666. The number of ether oxygens (including phenoxy) is 1. The molecule has 24 heavy (non-hydrogen) atoms. The molecule has 0 bridgehead atoms. The third kappa shape index (κ3) is 4.07. The molecule has 1 fully saturated rings. The highest BCUT2D eigenvalue weighted by atomic mass is 16.5. The van der Waals surface area contributed by atoms with E-state index in [1.165, 1.54) is 12.8 Å². The van der Waals surface area contributed by atoms with Crippen LogP contribution in [-0.4, -0.2) is 24.1 Å². The molecule has 2 aromatic carbocycles. The number of carbonyl (C=O) groups is 1. The smallest absolute Gasteiger partial charge is 0.322 e. The number of urea groups is 1. The highest BCUT2D eigenvalue weighted by Crippen LogP contribution is 2.36. The van der Waals surface area contributed by atoms with Gasteiger partial charge in [-0.15, -0.1) is 0 Å². The Morgan fingerprint density at radius 3 is 2.42 bits per heavy atom. The second-order valence-corrected chi connectivity index (χ2v) is 6.35. The zero-order valence-corrected chi connectivity index (χ0v) is 14.2. The zero-order chi connectivity index (χ0) is 16.9. The lowest BCUT2D eigenvalue weighted by atomic mass is 10.1. The molecule has 0 heterocycles. The van der Waals surface area contributed by atoms with Crippen molar-refractivity contribution in [2.24, 2.45) is 5.92 Å². The second-order valence-electron chi connectivity index (χ2n) is 6.35. The molecule has 3 rings (SSSR count). The van der Waals surface area contributed by atoms with Crippen LogP contribution in [0.2, 0.25) is 0 Å². The van der Waals surface area contributed by atoms with Crippen molar-refractivity contribution in [1.82, 2.24) is 4.90 Å². The van der Waals surface area contributed by atoms with Crippen molar-refractivity contribution >= 4 is 11.7 Å². The summed E-state index contributed by atoms with van der Waals surface area (Å²) >= 11 is 0. The minimum absolute atomic E-state index is 0.0524. The van der Waals surface area contributed by atoms with Crippen LogP contribution in [0.1, 0.15) is 25.3 Å². The molecular weight excluding hydrogens is 300 g/mol.